The normalized spacial score (nSPS) is 12.4. The van der Waals surface area contributed by atoms with Gasteiger partial charge in [0.2, 0.25) is 6.79 Å². The van der Waals surface area contributed by atoms with Gasteiger partial charge in [-0.3, -0.25) is 9.78 Å². The number of aryl methyl sites for hydroxylation is 1. The number of fused-ring (bicyclic) bond motifs is 2. The van der Waals surface area contributed by atoms with E-state index >= 15 is 0 Å². The van der Waals surface area contributed by atoms with Crippen molar-refractivity contribution in [1.82, 2.24) is 4.98 Å². The fourth-order valence-corrected chi connectivity index (χ4v) is 2.66. The molecule has 0 radical (unpaired) electrons. The lowest BCUT2D eigenvalue weighted by Crippen LogP contribution is -2.14. The number of ether oxygens (including phenoxy) is 2. The minimum Gasteiger partial charge on any atom is -0.454 e. The van der Waals surface area contributed by atoms with E-state index in [4.69, 9.17) is 9.47 Å². The zero-order chi connectivity index (χ0) is 15.8. The summed E-state index contributed by atoms with van der Waals surface area (Å²) >= 11 is 0. The van der Waals surface area contributed by atoms with E-state index in [2.05, 4.69) is 10.3 Å². The summed E-state index contributed by atoms with van der Waals surface area (Å²) in [5, 5.41) is 4.51. The smallest absolute Gasteiger partial charge is 0.274 e. The van der Waals surface area contributed by atoms with Gasteiger partial charge in [0.15, 0.2) is 11.5 Å². The van der Waals surface area contributed by atoms with Crippen LogP contribution in [-0.2, 0) is 0 Å². The monoisotopic (exact) mass is 306 g/mol. The molecular weight excluding hydrogens is 292 g/mol. The van der Waals surface area contributed by atoms with Crippen LogP contribution in [-0.4, -0.2) is 17.7 Å². The van der Waals surface area contributed by atoms with Crippen molar-refractivity contribution in [2.24, 2.45) is 0 Å². The molecule has 2 aromatic carbocycles. The number of nitrogens with one attached hydrogen (secondary N) is 1. The maximum Gasteiger partial charge on any atom is 0.274 e. The predicted octanol–water partition coefficient (Wildman–Crippen LogP) is 3.52. The van der Waals surface area contributed by atoms with Gasteiger partial charge < -0.3 is 14.8 Å². The molecule has 1 amide bonds. The van der Waals surface area contributed by atoms with Crippen LogP contribution < -0.4 is 14.8 Å². The molecule has 0 saturated heterocycles. The van der Waals surface area contributed by atoms with Gasteiger partial charge in [-0.15, -0.1) is 0 Å². The van der Waals surface area contributed by atoms with Crippen LogP contribution in [0.3, 0.4) is 0 Å². The number of benzene rings is 2. The standard InChI is InChI=1S/C18H14N2O3/c1-11-3-2-4-13(7-11)20-18(21)17-14-9-16-15(22-10-23-16)8-12(14)5-6-19-17/h2-9H,10H2,1H3,(H,20,21). The number of aromatic nitrogens is 1. The highest BCUT2D eigenvalue weighted by atomic mass is 16.7. The Kier molecular flexibility index (Phi) is 3.12. The highest BCUT2D eigenvalue weighted by Crippen LogP contribution is 2.36. The third kappa shape index (κ3) is 2.46. The van der Waals surface area contributed by atoms with Gasteiger partial charge in [-0.25, -0.2) is 0 Å². The summed E-state index contributed by atoms with van der Waals surface area (Å²) in [6, 6.07) is 13.2. The van der Waals surface area contributed by atoms with Gasteiger partial charge >= 0.3 is 0 Å². The molecule has 0 aliphatic carbocycles. The quantitative estimate of drug-likeness (QED) is 0.787. The van der Waals surface area contributed by atoms with Gasteiger partial charge in [0.1, 0.15) is 5.69 Å². The summed E-state index contributed by atoms with van der Waals surface area (Å²) < 4.78 is 10.8. The molecule has 5 heteroatoms. The third-order valence-electron chi connectivity index (χ3n) is 3.75. The Morgan fingerprint density at radius 2 is 1.96 bits per heavy atom. The second-order valence-electron chi connectivity index (χ2n) is 5.41. The van der Waals surface area contributed by atoms with Gasteiger partial charge in [-0.05, 0) is 48.2 Å². The molecule has 1 aliphatic heterocycles. The van der Waals surface area contributed by atoms with Gasteiger partial charge in [0.05, 0.1) is 0 Å². The average Bonchev–Trinajstić information content (AvgIpc) is 2.99. The van der Waals surface area contributed by atoms with E-state index in [1.54, 1.807) is 12.3 Å². The molecular formula is C18H14N2O3. The van der Waals surface area contributed by atoms with Gasteiger partial charge in [-0.1, -0.05) is 12.1 Å². The minimum atomic E-state index is -0.250. The molecule has 0 saturated carbocycles. The van der Waals surface area contributed by atoms with Crippen LogP contribution in [0.25, 0.3) is 10.8 Å². The van der Waals surface area contributed by atoms with Crippen LogP contribution >= 0.6 is 0 Å². The van der Waals surface area contributed by atoms with E-state index in [-0.39, 0.29) is 12.7 Å². The van der Waals surface area contributed by atoms with Crippen molar-refractivity contribution >= 4 is 22.4 Å². The molecule has 0 unspecified atom stereocenters. The van der Waals surface area contributed by atoms with E-state index in [0.717, 1.165) is 22.0 Å². The number of hydrogen-bond donors (Lipinski definition) is 1. The maximum atomic E-state index is 12.6. The average molecular weight is 306 g/mol. The van der Waals surface area contributed by atoms with Crippen LogP contribution in [0.15, 0.2) is 48.7 Å². The van der Waals surface area contributed by atoms with E-state index in [1.807, 2.05) is 43.3 Å². The molecule has 5 nitrogen and oxygen atoms in total. The second-order valence-corrected chi connectivity index (χ2v) is 5.41. The maximum absolute atomic E-state index is 12.6. The Morgan fingerprint density at radius 3 is 2.78 bits per heavy atom. The van der Waals surface area contributed by atoms with Gasteiger partial charge in [0.25, 0.3) is 5.91 Å². The van der Waals surface area contributed by atoms with Crippen molar-refractivity contribution in [3.8, 4) is 11.5 Å². The lowest BCUT2D eigenvalue weighted by atomic mass is 10.1. The van der Waals surface area contributed by atoms with Crippen LogP contribution in [0.1, 0.15) is 16.1 Å². The summed E-state index contributed by atoms with van der Waals surface area (Å²) in [7, 11) is 0. The highest BCUT2D eigenvalue weighted by Gasteiger charge is 2.18. The van der Waals surface area contributed by atoms with Gasteiger partial charge in [-0.2, -0.15) is 0 Å². The molecule has 0 fully saturated rings. The minimum absolute atomic E-state index is 0.198. The molecule has 23 heavy (non-hydrogen) atoms. The lowest BCUT2D eigenvalue weighted by molar-refractivity contribution is 0.102. The van der Waals surface area contributed by atoms with Crippen molar-refractivity contribution in [2.45, 2.75) is 6.92 Å². The number of pyridine rings is 1. The third-order valence-corrected chi connectivity index (χ3v) is 3.75. The van der Waals surface area contributed by atoms with E-state index in [9.17, 15) is 4.79 Å². The Balaban J connectivity index is 1.74. The topological polar surface area (TPSA) is 60.5 Å². The number of hydrogen-bond acceptors (Lipinski definition) is 4. The van der Waals surface area contributed by atoms with E-state index < -0.39 is 0 Å². The van der Waals surface area contributed by atoms with Crippen molar-refractivity contribution in [3.63, 3.8) is 0 Å². The largest absolute Gasteiger partial charge is 0.454 e. The van der Waals surface area contributed by atoms with Crippen molar-refractivity contribution < 1.29 is 14.3 Å². The first-order chi connectivity index (χ1) is 11.2. The van der Waals surface area contributed by atoms with Crippen LogP contribution in [0.2, 0.25) is 0 Å². The Labute approximate surface area is 132 Å². The Bertz CT molecular complexity index is 921. The summed E-state index contributed by atoms with van der Waals surface area (Å²) in [4.78, 5) is 16.8. The van der Waals surface area contributed by atoms with Gasteiger partial charge in [0, 0.05) is 17.3 Å². The fourth-order valence-electron chi connectivity index (χ4n) is 2.66. The number of anilines is 1. The predicted molar refractivity (Wildman–Crippen MR) is 87.0 cm³/mol. The highest BCUT2D eigenvalue weighted by molar-refractivity contribution is 6.11. The Morgan fingerprint density at radius 1 is 1.13 bits per heavy atom. The lowest BCUT2D eigenvalue weighted by Gasteiger charge is -2.08. The van der Waals surface area contributed by atoms with Crippen molar-refractivity contribution in [1.29, 1.82) is 0 Å². The molecule has 0 bridgehead atoms. The number of rotatable bonds is 2. The zero-order valence-electron chi connectivity index (χ0n) is 12.5. The fraction of sp³-hybridized carbons (Fsp3) is 0.111. The molecule has 2 heterocycles. The van der Waals surface area contributed by atoms with Crippen LogP contribution in [0, 0.1) is 6.92 Å². The molecule has 1 aromatic heterocycles. The first-order valence-electron chi connectivity index (χ1n) is 7.27. The first-order valence-corrected chi connectivity index (χ1v) is 7.27. The molecule has 0 atom stereocenters. The summed E-state index contributed by atoms with van der Waals surface area (Å²) in [5.41, 5.74) is 2.19. The second kappa shape index (κ2) is 5.28. The number of nitrogens with zero attached hydrogens (tertiary/aromatic N) is 1. The summed E-state index contributed by atoms with van der Waals surface area (Å²) in [6.07, 6.45) is 1.62. The molecule has 3 aromatic rings. The number of carbonyl (C=O) groups excluding carboxylic acids is 1. The van der Waals surface area contributed by atoms with Crippen molar-refractivity contribution in [2.75, 3.05) is 12.1 Å². The summed E-state index contributed by atoms with van der Waals surface area (Å²) in [6.45, 7) is 2.18. The summed E-state index contributed by atoms with van der Waals surface area (Å²) in [5.74, 6) is 1.07. The first kappa shape index (κ1) is 13.6. The molecule has 4 rings (SSSR count). The molecule has 1 aliphatic rings. The van der Waals surface area contributed by atoms with Crippen molar-refractivity contribution in [3.05, 3.63) is 59.9 Å². The molecule has 1 N–H and O–H groups in total. The van der Waals surface area contributed by atoms with Crippen LogP contribution in [0.4, 0.5) is 5.69 Å². The number of amides is 1. The molecule has 0 spiro atoms. The zero-order valence-corrected chi connectivity index (χ0v) is 12.5. The van der Waals surface area contributed by atoms with Crippen LogP contribution in [0.5, 0.6) is 11.5 Å². The molecule has 114 valence electrons. The van der Waals surface area contributed by atoms with E-state index in [0.29, 0.717) is 17.2 Å². The number of carbonyl (C=O) groups is 1. The SMILES string of the molecule is Cc1cccc(NC(=O)c2nccc3cc4c(cc23)OCO4)c1. The Hall–Kier alpha value is -3.08. The van der Waals surface area contributed by atoms with E-state index in [1.165, 1.54) is 0 Å².